The maximum absolute atomic E-state index is 3.81. The van der Waals surface area contributed by atoms with Crippen molar-refractivity contribution in [2.75, 3.05) is 40.8 Å². The fourth-order valence-corrected chi connectivity index (χ4v) is 3.90. The first kappa shape index (κ1) is 17.9. The summed E-state index contributed by atoms with van der Waals surface area (Å²) in [6, 6.07) is 1.39. The van der Waals surface area contributed by atoms with Crippen LogP contribution < -0.4 is 5.32 Å². The molecule has 1 saturated carbocycles. The molecule has 3 nitrogen and oxygen atoms in total. The third-order valence-electron chi connectivity index (χ3n) is 4.71. The average Bonchev–Trinajstić information content (AvgIpc) is 2.34. The molecule has 4 atom stereocenters. The van der Waals surface area contributed by atoms with Gasteiger partial charge in [0.15, 0.2) is 0 Å². The molecule has 1 fully saturated rings. The Morgan fingerprint density at radius 1 is 1.05 bits per heavy atom. The van der Waals surface area contributed by atoms with Crippen molar-refractivity contribution in [1.82, 2.24) is 15.1 Å². The molecule has 0 aliphatic heterocycles. The lowest BCUT2D eigenvalue weighted by molar-refractivity contribution is 0.0781. The van der Waals surface area contributed by atoms with Gasteiger partial charge in [0.05, 0.1) is 0 Å². The standard InChI is InChI=1S/C17H37N3/c1-7-9-18-16-13-14(2)12-15(3)17(16)20(6)11-8-10-19(4)5/h14-18H,7-13H2,1-6H3. The Balaban J connectivity index is 2.55. The van der Waals surface area contributed by atoms with Crippen LogP contribution in [0.1, 0.15) is 46.5 Å². The molecule has 0 amide bonds. The van der Waals surface area contributed by atoms with Gasteiger partial charge in [0.25, 0.3) is 0 Å². The number of nitrogens with one attached hydrogen (secondary N) is 1. The van der Waals surface area contributed by atoms with Crippen molar-refractivity contribution < 1.29 is 0 Å². The fraction of sp³-hybridized carbons (Fsp3) is 1.00. The Hall–Kier alpha value is -0.120. The quantitative estimate of drug-likeness (QED) is 0.739. The predicted molar refractivity (Wildman–Crippen MR) is 89.2 cm³/mol. The molecule has 1 N–H and O–H groups in total. The molecule has 0 spiro atoms. The van der Waals surface area contributed by atoms with Gasteiger partial charge in [0.2, 0.25) is 0 Å². The molecule has 0 radical (unpaired) electrons. The van der Waals surface area contributed by atoms with Crippen LogP contribution in [0, 0.1) is 11.8 Å². The molecule has 4 unspecified atom stereocenters. The number of hydrogen-bond donors (Lipinski definition) is 1. The Bertz CT molecular complexity index is 255. The van der Waals surface area contributed by atoms with Gasteiger partial charge in [-0.2, -0.15) is 0 Å². The molecule has 0 aromatic heterocycles. The second-order valence-corrected chi connectivity index (χ2v) is 7.24. The first-order valence-electron chi connectivity index (χ1n) is 8.54. The molecule has 0 aromatic rings. The summed E-state index contributed by atoms with van der Waals surface area (Å²) in [5.41, 5.74) is 0. The van der Waals surface area contributed by atoms with E-state index in [1.165, 1.54) is 38.8 Å². The van der Waals surface area contributed by atoms with Crippen LogP contribution in [-0.4, -0.2) is 62.7 Å². The molecule has 120 valence electrons. The smallest absolute Gasteiger partial charge is 0.0272 e. The molecule has 1 aliphatic rings. The minimum Gasteiger partial charge on any atom is -0.312 e. The van der Waals surface area contributed by atoms with Gasteiger partial charge in [-0.3, -0.25) is 0 Å². The van der Waals surface area contributed by atoms with Gasteiger partial charge in [-0.25, -0.2) is 0 Å². The highest BCUT2D eigenvalue weighted by Crippen LogP contribution is 2.32. The Morgan fingerprint density at radius 3 is 2.35 bits per heavy atom. The van der Waals surface area contributed by atoms with Gasteiger partial charge in [-0.05, 0) is 78.3 Å². The van der Waals surface area contributed by atoms with E-state index in [2.05, 4.69) is 57.0 Å². The zero-order valence-corrected chi connectivity index (χ0v) is 14.7. The molecule has 3 heteroatoms. The Labute approximate surface area is 127 Å². The van der Waals surface area contributed by atoms with E-state index < -0.39 is 0 Å². The summed E-state index contributed by atoms with van der Waals surface area (Å²) in [5, 5.41) is 3.81. The summed E-state index contributed by atoms with van der Waals surface area (Å²) >= 11 is 0. The molecule has 0 aromatic carbocycles. The van der Waals surface area contributed by atoms with Gasteiger partial charge in [0, 0.05) is 12.1 Å². The van der Waals surface area contributed by atoms with Gasteiger partial charge in [-0.15, -0.1) is 0 Å². The lowest BCUT2D eigenvalue weighted by atomic mass is 9.76. The van der Waals surface area contributed by atoms with E-state index in [0.29, 0.717) is 12.1 Å². The maximum Gasteiger partial charge on any atom is 0.0272 e. The van der Waals surface area contributed by atoms with E-state index in [0.717, 1.165) is 18.4 Å². The molecule has 1 rings (SSSR count). The molecule has 1 aliphatic carbocycles. The van der Waals surface area contributed by atoms with Crippen LogP contribution in [0.5, 0.6) is 0 Å². The third kappa shape index (κ3) is 5.71. The van der Waals surface area contributed by atoms with E-state index in [-0.39, 0.29) is 0 Å². The summed E-state index contributed by atoms with van der Waals surface area (Å²) in [6.07, 6.45) is 5.22. The lowest BCUT2D eigenvalue weighted by Crippen LogP contribution is -2.55. The molecule has 0 heterocycles. The summed E-state index contributed by atoms with van der Waals surface area (Å²) in [5.74, 6) is 1.67. The second-order valence-electron chi connectivity index (χ2n) is 7.24. The molecular formula is C17H37N3. The van der Waals surface area contributed by atoms with Crippen LogP contribution >= 0.6 is 0 Å². The summed E-state index contributed by atoms with van der Waals surface area (Å²) in [6.45, 7) is 10.7. The number of likely N-dealkylation sites (N-methyl/N-ethyl adjacent to an activating group) is 1. The lowest BCUT2D eigenvalue weighted by Gasteiger charge is -2.45. The van der Waals surface area contributed by atoms with Crippen LogP contribution in [0.15, 0.2) is 0 Å². The topological polar surface area (TPSA) is 18.5 Å². The predicted octanol–water partition coefficient (Wildman–Crippen LogP) is 2.67. The van der Waals surface area contributed by atoms with Crippen LogP contribution in [0.3, 0.4) is 0 Å². The van der Waals surface area contributed by atoms with Crippen molar-refractivity contribution in [2.45, 2.75) is 58.5 Å². The van der Waals surface area contributed by atoms with Crippen molar-refractivity contribution in [2.24, 2.45) is 11.8 Å². The van der Waals surface area contributed by atoms with E-state index in [1.54, 1.807) is 0 Å². The largest absolute Gasteiger partial charge is 0.312 e. The third-order valence-corrected chi connectivity index (χ3v) is 4.71. The average molecular weight is 284 g/mol. The Kier molecular flexibility index (Phi) is 8.08. The maximum atomic E-state index is 3.81. The first-order valence-corrected chi connectivity index (χ1v) is 8.54. The number of rotatable bonds is 8. The van der Waals surface area contributed by atoms with Gasteiger partial charge >= 0.3 is 0 Å². The number of nitrogens with zero attached hydrogens (tertiary/aromatic N) is 2. The summed E-state index contributed by atoms with van der Waals surface area (Å²) in [7, 11) is 6.65. The minimum absolute atomic E-state index is 0.679. The van der Waals surface area contributed by atoms with Crippen LogP contribution in [0.25, 0.3) is 0 Å². The molecule has 0 saturated heterocycles. The van der Waals surface area contributed by atoms with E-state index in [4.69, 9.17) is 0 Å². The normalized spacial score (nSPS) is 31.2. The first-order chi connectivity index (χ1) is 9.45. The summed E-state index contributed by atoms with van der Waals surface area (Å²) in [4.78, 5) is 4.90. The van der Waals surface area contributed by atoms with Crippen molar-refractivity contribution in [3.05, 3.63) is 0 Å². The van der Waals surface area contributed by atoms with E-state index >= 15 is 0 Å². The van der Waals surface area contributed by atoms with Crippen LogP contribution in [0.4, 0.5) is 0 Å². The van der Waals surface area contributed by atoms with Crippen molar-refractivity contribution in [3.8, 4) is 0 Å². The SMILES string of the molecule is CCCNC1CC(C)CC(C)C1N(C)CCCN(C)C. The molecule has 0 bridgehead atoms. The van der Waals surface area contributed by atoms with Crippen molar-refractivity contribution in [3.63, 3.8) is 0 Å². The van der Waals surface area contributed by atoms with E-state index in [1.807, 2.05) is 0 Å². The van der Waals surface area contributed by atoms with E-state index in [9.17, 15) is 0 Å². The van der Waals surface area contributed by atoms with Gasteiger partial charge < -0.3 is 15.1 Å². The monoisotopic (exact) mass is 283 g/mol. The minimum atomic E-state index is 0.679. The van der Waals surface area contributed by atoms with Crippen LogP contribution in [0.2, 0.25) is 0 Å². The highest BCUT2D eigenvalue weighted by molar-refractivity contribution is 4.93. The zero-order chi connectivity index (χ0) is 15.1. The van der Waals surface area contributed by atoms with Gasteiger partial charge in [0.1, 0.15) is 0 Å². The zero-order valence-electron chi connectivity index (χ0n) is 14.7. The summed E-state index contributed by atoms with van der Waals surface area (Å²) < 4.78 is 0. The van der Waals surface area contributed by atoms with Crippen LogP contribution in [-0.2, 0) is 0 Å². The van der Waals surface area contributed by atoms with Gasteiger partial charge in [-0.1, -0.05) is 20.8 Å². The molecule has 20 heavy (non-hydrogen) atoms. The fourth-order valence-electron chi connectivity index (χ4n) is 3.90. The highest BCUT2D eigenvalue weighted by atomic mass is 15.2. The Morgan fingerprint density at radius 2 is 1.75 bits per heavy atom. The van der Waals surface area contributed by atoms with Crippen molar-refractivity contribution >= 4 is 0 Å². The van der Waals surface area contributed by atoms with Crippen molar-refractivity contribution in [1.29, 1.82) is 0 Å². The highest BCUT2D eigenvalue weighted by Gasteiger charge is 2.35. The number of hydrogen-bond acceptors (Lipinski definition) is 3. The second kappa shape index (κ2) is 9.01. The molecular weight excluding hydrogens is 246 g/mol.